The van der Waals surface area contributed by atoms with Crippen LogP contribution in [0.3, 0.4) is 0 Å². The molecule has 0 saturated carbocycles. The molecule has 2 rings (SSSR count). The zero-order valence-corrected chi connectivity index (χ0v) is 9.26. The third-order valence-electron chi connectivity index (χ3n) is 2.53. The van der Waals surface area contributed by atoms with Gasteiger partial charge < -0.3 is 5.11 Å². The van der Waals surface area contributed by atoms with Gasteiger partial charge in [0, 0.05) is 25.0 Å². The molecule has 3 nitrogen and oxygen atoms in total. The molecule has 0 amide bonds. The Morgan fingerprint density at radius 1 is 1.71 bits per heavy atom. The second kappa shape index (κ2) is 4.38. The van der Waals surface area contributed by atoms with E-state index in [0.717, 1.165) is 38.2 Å². The quantitative estimate of drug-likeness (QED) is 0.819. The monoisotopic (exact) mass is 212 g/mol. The SMILES string of the molecule is CCc1nc(CN2CCC(O)C2)cs1. The highest BCUT2D eigenvalue weighted by Gasteiger charge is 2.20. The third kappa shape index (κ3) is 2.32. The Hall–Kier alpha value is -0.450. The number of likely N-dealkylation sites (tertiary alicyclic amines) is 1. The summed E-state index contributed by atoms with van der Waals surface area (Å²) < 4.78 is 0. The number of hydrogen-bond acceptors (Lipinski definition) is 4. The fraction of sp³-hybridized carbons (Fsp3) is 0.700. The normalized spacial score (nSPS) is 23.1. The van der Waals surface area contributed by atoms with E-state index in [1.165, 1.54) is 5.01 Å². The van der Waals surface area contributed by atoms with Crippen LogP contribution in [0, 0.1) is 0 Å². The maximum atomic E-state index is 9.37. The van der Waals surface area contributed by atoms with Gasteiger partial charge in [-0.2, -0.15) is 0 Å². The Morgan fingerprint density at radius 2 is 2.57 bits per heavy atom. The van der Waals surface area contributed by atoms with Crippen molar-refractivity contribution in [1.29, 1.82) is 0 Å². The first-order valence-corrected chi connectivity index (χ1v) is 5.99. The first-order chi connectivity index (χ1) is 6.78. The lowest BCUT2D eigenvalue weighted by atomic mass is 10.3. The van der Waals surface area contributed by atoms with Gasteiger partial charge in [0.25, 0.3) is 0 Å². The van der Waals surface area contributed by atoms with E-state index in [1.54, 1.807) is 11.3 Å². The zero-order chi connectivity index (χ0) is 9.97. The largest absolute Gasteiger partial charge is 0.392 e. The molecule has 1 N–H and O–H groups in total. The van der Waals surface area contributed by atoms with Gasteiger partial charge in [0.1, 0.15) is 0 Å². The summed E-state index contributed by atoms with van der Waals surface area (Å²) in [5.74, 6) is 0. The van der Waals surface area contributed by atoms with Crippen LogP contribution in [0.2, 0.25) is 0 Å². The zero-order valence-electron chi connectivity index (χ0n) is 8.44. The summed E-state index contributed by atoms with van der Waals surface area (Å²) in [7, 11) is 0. The van der Waals surface area contributed by atoms with E-state index < -0.39 is 0 Å². The summed E-state index contributed by atoms with van der Waals surface area (Å²) in [5, 5.41) is 12.7. The molecule has 0 bridgehead atoms. The van der Waals surface area contributed by atoms with Gasteiger partial charge in [-0.1, -0.05) is 6.92 Å². The molecular formula is C10H16N2OS. The standard InChI is InChI=1S/C10H16N2OS/c1-2-10-11-8(7-14-10)5-12-4-3-9(13)6-12/h7,9,13H,2-6H2,1H3. The minimum atomic E-state index is -0.126. The summed E-state index contributed by atoms with van der Waals surface area (Å²) in [5.41, 5.74) is 1.15. The van der Waals surface area contributed by atoms with Crippen LogP contribution in [-0.4, -0.2) is 34.2 Å². The van der Waals surface area contributed by atoms with Crippen LogP contribution in [0.4, 0.5) is 0 Å². The topological polar surface area (TPSA) is 36.4 Å². The molecule has 1 unspecified atom stereocenters. The van der Waals surface area contributed by atoms with Crippen LogP contribution in [0.25, 0.3) is 0 Å². The van der Waals surface area contributed by atoms with Crippen molar-refractivity contribution >= 4 is 11.3 Å². The van der Waals surface area contributed by atoms with Gasteiger partial charge in [0.15, 0.2) is 0 Å². The smallest absolute Gasteiger partial charge is 0.0926 e. The highest BCUT2D eigenvalue weighted by molar-refractivity contribution is 7.09. The molecule has 2 heterocycles. The van der Waals surface area contributed by atoms with Crippen molar-refractivity contribution in [2.24, 2.45) is 0 Å². The van der Waals surface area contributed by atoms with Crippen molar-refractivity contribution in [3.63, 3.8) is 0 Å². The predicted octanol–water partition coefficient (Wildman–Crippen LogP) is 1.27. The van der Waals surface area contributed by atoms with Gasteiger partial charge in [-0.05, 0) is 12.8 Å². The second-order valence-electron chi connectivity index (χ2n) is 3.76. The summed E-state index contributed by atoms with van der Waals surface area (Å²) in [6.45, 7) is 4.83. The molecule has 0 aromatic carbocycles. The van der Waals surface area contributed by atoms with Gasteiger partial charge in [-0.3, -0.25) is 4.90 Å². The van der Waals surface area contributed by atoms with Crippen LogP contribution in [0.5, 0.6) is 0 Å². The molecule has 1 aromatic heterocycles. The van der Waals surface area contributed by atoms with Gasteiger partial charge in [0.05, 0.1) is 16.8 Å². The van der Waals surface area contributed by atoms with Crippen LogP contribution < -0.4 is 0 Å². The van der Waals surface area contributed by atoms with Crippen molar-refractivity contribution < 1.29 is 5.11 Å². The van der Waals surface area contributed by atoms with Crippen molar-refractivity contribution in [1.82, 2.24) is 9.88 Å². The van der Waals surface area contributed by atoms with Gasteiger partial charge in [-0.15, -0.1) is 11.3 Å². The molecule has 0 radical (unpaired) electrons. The second-order valence-corrected chi connectivity index (χ2v) is 4.71. The summed E-state index contributed by atoms with van der Waals surface area (Å²) in [4.78, 5) is 6.78. The van der Waals surface area contributed by atoms with E-state index in [0.29, 0.717) is 0 Å². The fourth-order valence-electron chi connectivity index (χ4n) is 1.77. The number of hydrogen-bond donors (Lipinski definition) is 1. The number of aliphatic hydroxyl groups excluding tert-OH is 1. The van der Waals surface area contributed by atoms with E-state index in [-0.39, 0.29) is 6.10 Å². The molecule has 14 heavy (non-hydrogen) atoms. The number of rotatable bonds is 3. The lowest BCUT2D eigenvalue weighted by Crippen LogP contribution is -2.21. The maximum absolute atomic E-state index is 9.37. The Kier molecular flexibility index (Phi) is 3.15. The highest BCUT2D eigenvalue weighted by atomic mass is 32.1. The molecule has 1 aliphatic heterocycles. The molecule has 1 aromatic rings. The number of aliphatic hydroxyl groups is 1. The van der Waals surface area contributed by atoms with E-state index in [1.807, 2.05) is 0 Å². The van der Waals surface area contributed by atoms with E-state index >= 15 is 0 Å². The minimum absolute atomic E-state index is 0.126. The van der Waals surface area contributed by atoms with Crippen LogP contribution in [0.1, 0.15) is 24.0 Å². The molecule has 1 fully saturated rings. The maximum Gasteiger partial charge on any atom is 0.0926 e. The lowest BCUT2D eigenvalue weighted by Gasteiger charge is -2.12. The van der Waals surface area contributed by atoms with Crippen LogP contribution >= 0.6 is 11.3 Å². The van der Waals surface area contributed by atoms with Gasteiger partial charge in [0.2, 0.25) is 0 Å². The average molecular weight is 212 g/mol. The summed E-state index contributed by atoms with van der Waals surface area (Å²) in [6, 6.07) is 0. The Bertz CT molecular complexity index is 300. The number of β-amino-alcohol motifs (C(OH)–C–C–N with tert-alkyl or cyclic N) is 1. The average Bonchev–Trinajstić information content (AvgIpc) is 2.76. The van der Waals surface area contributed by atoms with E-state index in [9.17, 15) is 5.11 Å². The summed E-state index contributed by atoms with van der Waals surface area (Å²) >= 11 is 1.73. The third-order valence-corrected chi connectivity index (χ3v) is 3.58. The Balaban J connectivity index is 1.90. The molecule has 1 atom stereocenters. The molecule has 1 saturated heterocycles. The molecule has 0 aliphatic carbocycles. The first kappa shape index (κ1) is 10.1. The van der Waals surface area contributed by atoms with Crippen LogP contribution in [0.15, 0.2) is 5.38 Å². The Morgan fingerprint density at radius 3 is 3.14 bits per heavy atom. The lowest BCUT2D eigenvalue weighted by molar-refractivity contribution is 0.174. The molecule has 0 spiro atoms. The van der Waals surface area contributed by atoms with E-state index in [4.69, 9.17) is 0 Å². The predicted molar refractivity (Wildman–Crippen MR) is 57.4 cm³/mol. The highest BCUT2D eigenvalue weighted by Crippen LogP contribution is 2.15. The molecular weight excluding hydrogens is 196 g/mol. The summed E-state index contributed by atoms with van der Waals surface area (Å²) in [6.07, 6.45) is 1.80. The number of nitrogens with zero attached hydrogens (tertiary/aromatic N) is 2. The van der Waals surface area contributed by atoms with Gasteiger partial charge in [-0.25, -0.2) is 4.98 Å². The number of aryl methyl sites for hydroxylation is 1. The number of aromatic nitrogens is 1. The van der Waals surface area contributed by atoms with Crippen molar-refractivity contribution in [2.75, 3.05) is 13.1 Å². The number of thiazole rings is 1. The minimum Gasteiger partial charge on any atom is -0.392 e. The fourth-order valence-corrected chi connectivity index (χ4v) is 2.50. The van der Waals surface area contributed by atoms with Gasteiger partial charge >= 0.3 is 0 Å². The van der Waals surface area contributed by atoms with Crippen molar-refractivity contribution in [3.05, 3.63) is 16.1 Å². The molecule has 78 valence electrons. The van der Waals surface area contributed by atoms with Crippen molar-refractivity contribution in [3.8, 4) is 0 Å². The van der Waals surface area contributed by atoms with E-state index in [2.05, 4.69) is 22.2 Å². The van der Waals surface area contributed by atoms with Crippen LogP contribution in [-0.2, 0) is 13.0 Å². The van der Waals surface area contributed by atoms with Crippen molar-refractivity contribution in [2.45, 2.75) is 32.4 Å². The molecule has 4 heteroatoms. The first-order valence-electron chi connectivity index (χ1n) is 5.11. The molecule has 1 aliphatic rings. The Labute approximate surface area is 88.4 Å².